The lowest BCUT2D eigenvalue weighted by Gasteiger charge is -2.07. The number of hydrogen-bond acceptors (Lipinski definition) is 4. The molecule has 0 N–H and O–H groups in total. The first-order valence-corrected chi connectivity index (χ1v) is 6.72. The van der Waals surface area contributed by atoms with Crippen LogP contribution >= 0.6 is 0 Å². The molecule has 102 valence electrons. The van der Waals surface area contributed by atoms with Crippen LogP contribution in [0.4, 0.5) is 0 Å². The number of methoxy groups -OCH3 is 1. The fraction of sp³-hybridized carbons (Fsp3) is 0.118. The zero-order chi connectivity index (χ0) is 14.4. The number of para-hydroxylation sites is 1. The lowest BCUT2D eigenvalue weighted by atomic mass is 10.0. The molecule has 0 aliphatic heterocycles. The third-order valence-corrected chi connectivity index (χ3v) is 4.04. The number of pyridine rings is 1. The van der Waals surface area contributed by atoms with Crippen LogP contribution in [-0.4, -0.2) is 12.1 Å². The highest BCUT2D eigenvalue weighted by atomic mass is 16.5. The molecule has 1 heterocycles. The summed E-state index contributed by atoms with van der Waals surface area (Å²) in [6, 6.07) is 13.1. The molecule has 0 spiro atoms. The smallest absolute Gasteiger partial charge is 0.144 e. The van der Waals surface area contributed by atoms with Crippen molar-refractivity contribution in [3.8, 4) is 16.9 Å². The Kier molecular flexibility index (Phi) is 2.51. The van der Waals surface area contributed by atoms with Crippen LogP contribution in [0.2, 0.25) is 0 Å². The van der Waals surface area contributed by atoms with E-state index in [9.17, 15) is 4.91 Å². The number of benzene rings is 2. The van der Waals surface area contributed by atoms with Crippen LogP contribution in [0.25, 0.3) is 22.0 Å². The Morgan fingerprint density at radius 2 is 2.00 bits per heavy atom. The largest absolute Gasteiger partial charge is 0.497 e. The molecule has 1 aliphatic rings. The molecular formula is C17H12N2O2. The molecule has 3 aromatic rings. The van der Waals surface area contributed by atoms with Crippen molar-refractivity contribution in [3.63, 3.8) is 0 Å². The minimum atomic E-state index is -0.502. The molecule has 1 unspecified atom stereocenters. The van der Waals surface area contributed by atoms with Crippen LogP contribution in [0.5, 0.6) is 5.75 Å². The molecule has 1 aliphatic carbocycles. The minimum Gasteiger partial charge on any atom is -0.497 e. The fourth-order valence-electron chi connectivity index (χ4n) is 3.08. The van der Waals surface area contributed by atoms with Gasteiger partial charge in [-0.25, -0.2) is 0 Å². The predicted molar refractivity (Wildman–Crippen MR) is 81.4 cm³/mol. The Bertz CT molecular complexity index is 874. The first-order valence-electron chi connectivity index (χ1n) is 6.72. The molecule has 4 heteroatoms. The van der Waals surface area contributed by atoms with Gasteiger partial charge in [0.05, 0.1) is 12.6 Å². The summed E-state index contributed by atoms with van der Waals surface area (Å²) >= 11 is 0. The van der Waals surface area contributed by atoms with Gasteiger partial charge in [-0.05, 0) is 29.3 Å². The number of fused-ring (bicyclic) bond motifs is 5. The zero-order valence-corrected chi connectivity index (χ0v) is 11.4. The van der Waals surface area contributed by atoms with E-state index >= 15 is 0 Å². The van der Waals surface area contributed by atoms with Gasteiger partial charge in [0.25, 0.3) is 0 Å². The van der Waals surface area contributed by atoms with Crippen LogP contribution in [0.15, 0.2) is 53.8 Å². The number of aromatic nitrogens is 1. The van der Waals surface area contributed by atoms with E-state index < -0.39 is 6.04 Å². The van der Waals surface area contributed by atoms with Gasteiger partial charge in [-0.3, -0.25) is 4.98 Å². The molecule has 0 bridgehead atoms. The maximum Gasteiger partial charge on any atom is 0.144 e. The Balaban J connectivity index is 2.07. The maximum absolute atomic E-state index is 11.5. The Morgan fingerprint density at radius 3 is 2.81 bits per heavy atom. The molecule has 21 heavy (non-hydrogen) atoms. The molecular weight excluding hydrogens is 264 g/mol. The zero-order valence-electron chi connectivity index (χ0n) is 11.4. The van der Waals surface area contributed by atoms with Crippen LogP contribution in [-0.2, 0) is 0 Å². The molecule has 0 saturated carbocycles. The lowest BCUT2D eigenvalue weighted by Crippen LogP contribution is -1.94. The van der Waals surface area contributed by atoms with E-state index in [-0.39, 0.29) is 0 Å². The van der Waals surface area contributed by atoms with E-state index in [0.29, 0.717) is 0 Å². The van der Waals surface area contributed by atoms with Gasteiger partial charge in [0.1, 0.15) is 11.8 Å². The summed E-state index contributed by atoms with van der Waals surface area (Å²) in [5, 5.41) is 4.34. The summed E-state index contributed by atoms with van der Waals surface area (Å²) in [7, 11) is 1.62. The van der Waals surface area contributed by atoms with Gasteiger partial charge in [0.15, 0.2) is 0 Å². The third-order valence-electron chi connectivity index (χ3n) is 4.04. The van der Waals surface area contributed by atoms with Crippen molar-refractivity contribution < 1.29 is 4.74 Å². The number of nitrogens with zero attached hydrogens (tertiary/aromatic N) is 2. The summed E-state index contributed by atoms with van der Waals surface area (Å²) < 4.78 is 5.26. The van der Waals surface area contributed by atoms with Crippen LogP contribution in [0, 0.1) is 4.91 Å². The Morgan fingerprint density at radius 1 is 1.14 bits per heavy atom. The molecule has 4 nitrogen and oxygen atoms in total. The SMILES string of the molecule is COc1ccc2c(c1)C(N=O)c1c-2cnc2ccccc12. The van der Waals surface area contributed by atoms with Crippen molar-refractivity contribution in [1.82, 2.24) is 4.98 Å². The molecule has 0 radical (unpaired) electrons. The number of ether oxygens (including phenoxy) is 1. The van der Waals surface area contributed by atoms with Gasteiger partial charge in [-0.1, -0.05) is 29.4 Å². The molecule has 2 aromatic carbocycles. The number of nitroso groups, excluding NO2 is 1. The van der Waals surface area contributed by atoms with Crippen molar-refractivity contribution in [1.29, 1.82) is 0 Å². The van der Waals surface area contributed by atoms with Crippen molar-refractivity contribution >= 4 is 10.9 Å². The van der Waals surface area contributed by atoms with Crippen LogP contribution in [0.1, 0.15) is 17.2 Å². The topological polar surface area (TPSA) is 51.5 Å². The van der Waals surface area contributed by atoms with Gasteiger partial charge in [0, 0.05) is 22.7 Å². The summed E-state index contributed by atoms with van der Waals surface area (Å²) in [5.41, 5.74) is 4.70. The van der Waals surface area contributed by atoms with E-state index in [1.54, 1.807) is 7.11 Å². The van der Waals surface area contributed by atoms with E-state index in [2.05, 4.69) is 10.2 Å². The molecule has 4 rings (SSSR count). The van der Waals surface area contributed by atoms with Crippen LogP contribution in [0.3, 0.4) is 0 Å². The van der Waals surface area contributed by atoms with Crippen molar-refractivity contribution in [2.45, 2.75) is 6.04 Å². The Hall–Kier alpha value is -2.75. The van der Waals surface area contributed by atoms with E-state index in [0.717, 1.165) is 38.9 Å². The summed E-state index contributed by atoms with van der Waals surface area (Å²) in [4.78, 5) is 16.0. The van der Waals surface area contributed by atoms with Gasteiger partial charge in [-0.15, -0.1) is 4.91 Å². The van der Waals surface area contributed by atoms with E-state index in [1.807, 2.05) is 48.7 Å². The average molecular weight is 276 g/mol. The highest BCUT2D eigenvalue weighted by Crippen LogP contribution is 2.48. The van der Waals surface area contributed by atoms with E-state index in [1.165, 1.54) is 0 Å². The van der Waals surface area contributed by atoms with Crippen molar-refractivity contribution in [2.75, 3.05) is 7.11 Å². The third kappa shape index (κ3) is 1.59. The predicted octanol–water partition coefficient (Wildman–Crippen LogP) is 4.08. The van der Waals surface area contributed by atoms with Crippen molar-refractivity contribution in [2.24, 2.45) is 5.18 Å². The van der Waals surface area contributed by atoms with Crippen molar-refractivity contribution in [3.05, 3.63) is 64.7 Å². The molecule has 0 fully saturated rings. The minimum absolute atomic E-state index is 0.502. The monoisotopic (exact) mass is 276 g/mol. The second kappa shape index (κ2) is 4.38. The van der Waals surface area contributed by atoms with Gasteiger partial charge in [-0.2, -0.15) is 0 Å². The standard InChI is InChI=1S/C17H12N2O2/c1-21-10-6-7-11-13(8-10)17(19-20)16-12-4-2-3-5-15(12)18-9-14(11)16/h2-9,17H,1H3. The summed E-state index contributed by atoms with van der Waals surface area (Å²) in [6.07, 6.45) is 1.83. The quantitative estimate of drug-likeness (QED) is 0.663. The van der Waals surface area contributed by atoms with E-state index in [4.69, 9.17) is 4.74 Å². The molecule has 0 amide bonds. The first kappa shape index (κ1) is 12.0. The number of rotatable bonds is 2. The van der Waals surface area contributed by atoms with Gasteiger partial charge >= 0.3 is 0 Å². The Labute approximate surface area is 121 Å². The van der Waals surface area contributed by atoms with Gasteiger partial charge < -0.3 is 4.74 Å². The molecule has 1 atom stereocenters. The maximum atomic E-state index is 11.5. The molecule has 1 aromatic heterocycles. The number of hydrogen-bond donors (Lipinski definition) is 0. The second-order valence-electron chi connectivity index (χ2n) is 5.06. The highest BCUT2D eigenvalue weighted by Gasteiger charge is 2.32. The average Bonchev–Trinajstić information content (AvgIpc) is 2.87. The highest BCUT2D eigenvalue weighted by molar-refractivity contribution is 5.93. The molecule has 0 saturated heterocycles. The lowest BCUT2D eigenvalue weighted by molar-refractivity contribution is 0.414. The summed E-state index contributed by atoms with van der Waals surface area (Å²) in [6.45, 7) is 0. The summed E-state index contributed by atoms with van der Waals surface area (Å²) in [5.74, 6) is 0.729. The first-order chi connectivity index (χ1) is 10.3. The van der Waals surface area contributed by atoms with Gasteiger partial charge in [0.2, 0.25) is 0 Å². The fourth-order valence-corrected chi connectivity index (χ4v) is 3.08. The normalized spacial score (nSPS) is 15.6. The van der Waals surface area contributed by atoms with Crippen LogP contribution < -0.4 is 4.74 Å². The second-order valence-corrected chi connectivity index (χ2v) is 5.06.